The number of hydrogen-bond acceptors (Lipinski definition) is 4. The van der Waals surface area contributed by atoms with Gasteiger partial charge in [-0.05, 0) is 19.1 Å². The first-order valence-corrected chi connectivity index (χ1v) is 4.59. The van der Waals surface area contributed by atoms with E-state index in [0.29, 0.717) is 6.61 Å². The van der Waals surface area contributed by atoms with Gasteiger partial charge in [-0.25, -0.2) is 10.6 Å². The standard InChI is InChI=1S/C10H12N4O/c1-8-2-4-9(5-3-8)14-10(7-15-11)6-12-13-14/h2-6H,7,11H2,1H3. The number of aryl methyl sites for hydroxylation is 1. The van der Waals surface area contributed by atoms with Crippen LogP contribution < -0.4 is 5.90 Å². The van der Waals surface area contributed by atoms with E-state index >= 15 is 0 Å². The molecular formula is C10H12N4O. The molecule has 0 saturated heterocycles. The summed E-state index contributed by atoms with van der Waals surface area (Å²) >= 11 is 0. The van der Waals surface area contributed by atoms with Gasteiger partial charge >= 0.3 is 0 Å². The van der Waals surface area contributed by atoms with E-state index < -0.39 is 0 Å². The molecule has 2 N–H and O–H groups in total. The second-order valence-electron chi connectivity index (χ2n) is 3.28. The molecule has 0 aliphatic heterocycles. The number of hydrogen-bond donors (Lipinski definition) is 1. The molecule has 0 radical (unpaired) electrons. The van der Waals surface area contributed by atoms with E-state index in [1.165, 1.54) is 5.56 Å². The maximum atomic E-state index is 5.02. The molecule has 1 aromatic heterocycles. The van der Waals surface area contributed by atoms with Crippen molar-refractivity contribution >= 4 is 0 Å². The first kappa shape index (κ1) is 9.82. The van der Waals surface area contributed by atoms with Crippen molar-refractivity contribution in [3.8, 4) is 5.69 Å². The molecule has 0 fully saturated rings. The third-order valence-corrected chi connectivity index (χ3v) is 2.13. The summed E-state index contributed by atoms with van der Waals surface area (Å²) in [6, 6.07) is 7.99. The largest absolute Gasteiger partial charge is 0.298 e. The van der Waals surface area contributed by atoms with Crippen molar-refractivity contribution in [2.24, 2.45) is 5.90 Å². The minimum Gasteiger partial charge on any atom is -0.298 e. The average molecular weight is 204 g/mol. The zero-order chi connectivity index (χ0) is 10.7. The van der Waals surface area contributed by atoms with Crippen LogP contribution in [0.1, 0.15) is 11.3 Å². The second-order valence-corrected chi connectivity index (χ2v) is 3.28. The van der Waals surface area contributed by atoms with Crippen LogP contribution in [0.2, 0.25) is 0 Å². The number of rotatable bonds is 3. The lowest BCUT2D eigenvalue weighted by Gasteiger charge is -2.04. The smallest absolute Gasteiger partial charge is 0.112 e. The molecule has 0 saturated carbocycles. The predicted molar refractivity (Wildman–Crippen MR) is 55.1 cm³/mol. The molecule has 15 heavy (non-hydrogen) atoms. The Kier molecular flexibility index (Phi) is 2.75. The minimum atomic E-state index is 0.293. The Morgan fingerprint density at radius 3 is 2.73 bits per heavy atom. The van der Waals surface area contributed by atoms with Crippen LogP contribution in [0.3, 0.4) is 0 Å². The van der Waals surface area contributed by atoms with Gasteiger partial charge in [0.25, 0.3) is 0 Å². The van der Waals surface area contributed by atoms with Crippen LogP contribution in [0.15, 0.2) is 30.5 Å². The Labute approximate surface area is 87.4 Å². The topological polar surface area (TPSA) is 66.0 Å². The summed E-state index contributed by atoms with van der Waals surface area (Å²) in [6.45, 7) is 2.33. The van der Waals surface area contributed by atoms with E-state index in [2.05, 4.69) is 15.1 Å². The van der Waals surface area contributed by atoms with Gasteiger partial charge in [0.05, 0.1) is 17.6 Å². The van der Waals surface area contributed by atoms with Crippen molar-refractivity contribution in [3.63, 3.8) is 0 Å². The Morgan fingerprint density at radius 2 is 2.07 bits per heavy atom. The molecule has 5 heteroatoms. The summed E-state index contributed by atoms with van der Waals surface area (Å²) in [7, 11) is 0. The lowest BCUT2D eigenvalue weighted by molar-refractivity contribution is 0.119. The van der Waals surface area contributed by atoms with Crippen LogP contribution in [-0.4, -0.2) is 15.0 Å². The quantitative estimate of drug-likeness (QED) is 0.756. The minimum absolute atomic E-state index is 0.293. The summed E-state index contributed by atoms with van der Waals surface area (Å²) in [5.74, 6) is 5.02. The Balaban J connectivity index is 2.36. The molecule has 1 heterocycles. The van der Waals surface area contributed by atoms with E-state index in [4.69, 9.17) is 5.90 Å². The summed E-state index contributed by atoms with van der Waals surface area (Å²) in [6.07, 6.45) is 1.63. The predicted octanol–water partition coefficient (Wildman–Crippen LogP) is 0.966. The van der Waals surface area contributed by atoms with Gasteiger partial charge < -0.3 is 0 Å². The third kappa shape index (κ3) is 2.03. The molecule has 0 atom stereocenters. The van der Waals surface area contributed by atoms with Gasteiger partial charge in [-0.1, -0.05) is 22.9 Å². The van der Waals surface area contributed by atoms with Gasteiger partial charge in [0.2, 0.25) is 0 Å². The van der Waals surface area contributed by atoms with E-state index in [-0.39, 0.29) is 0 Å². The van der Waals surface area contributed by atoms with Gasteiger partial charge in [-0.2, -0.15) is 0 Å². The van der Waals surface area contributed by atoms with Gasteiger partial charge in [0.15, 0.2) is 0 Å². The van der Waals surface area contributed by atoms with Crippen LogP contribution in [-0.2, 0) is 11.4 Å². The molecule has 0 unspecified atom stereocenters. The number of aromatic nitrogens is 3. The zero-order valence-electron chi connectivity index (χ0n) is 8.42. The molecule has 5 nitrogen and oxygen atoms in total. The maximum Gasteiger partial charge on any atom is 0.112 e. The SMILES string of the molecule is Cc1ccc(-n2nncc2CON)cc1. The number of nitrogens with zero attached hydrogens (tertiary/aromatic N) is 3. The Morgan fingerprint density at radius 1 is 1.33 bits per heavy atom. The molecule has 1 aromatic carbocycles. The van der Waals surface area contributed by atoms with Gasteiger partial charge in [-0.15, -0.1) is 5.10 Å². The Hall–Kier alpha value is -1.72. The van der Waals surface area contributed by atoms with E-state index in [1.54, 1.807) is 10.9 Å². The lowest BCUT2D eigenvalue weighted by atomic mass is 10.2. The number of benzene rings is 1. The van der Waals surface area contributed by atoms with E-state index in [9.17, 15) is 0 Å². The summed E-state index contributed by atoms with van der Waals surface area (Å²) in [5.41, 5.74) is 2.97. The van der Waals surface area contributed by atoms with Crippen LogP contribution in [0.25, 0.3) is 5.69 Å². The molecule has 0 bridgehead atoms. The van der Waals surface area contributed by atoms with Crippen molar-refractivity contribution in [1.82, 2.24) is 15.0 Å². The molecule has 0 aliphatic rings. The first-order chi connectivity index (χ1) is 7.31. The Bertz CT molecular complexity index is 435. The van der Waals surface area contributed by atoms with Crippen LogP contribution in [0.5, 0.6) is 0 Å². The molecule has 78 valence electrons. The fourth-order valence-corrected chi connectivity index (χ4v) is 1.34. The molecule has 0 spiro atoms. The number of nitrogens with two attached hydrogens (primary N) is 1. The zero-order valence-corrected chi connectivity index (χ0v) is 8.42. The van der Waals surface area contributed by atoms with Gasteiger partial charge in [0, 0.05) is 0 Å². The molecular weight excluding hydrogens is 192 g/mol. The van der Waals surface area contributed by atoms with Crippen LogP contribution >= 0.6 is 0 Å². The van der Waals surface area contributed by atoms with E-state index in [1.807, 2.05) is 31.2 Å². The highest BCUT2D eigenvalue weighted by atomic mass is 16.6. The fourth-order valence-electron chi connectivity index (χ4n) is 1.34. The summed E-state index contributed by atoms with van der Waals surface area (Å²) < 4.78 is 1.70. The average Bonchev–Trinajstić information content (AvgIpc) is 2.68. The first-order valence-electron chi connectivity index (χ1n) is 4.59. The highest BCUT2D eigenvalue weighted by Gasteiger charge is 2.05. The molecule has 0 aliphatic carbocycles. The monoisotopic (exact) mass is 204 g/mol. The second kappa shape index (κ2) is 4.20. The summed E-state index contributed by atoms with van der Waals surface area (Å²) in [4.78, 5) is 4.57. The third-order valence-electron chi connectivity index (χ3n) is 2.13. The van der Waals surface area contributed by atoms with Crippen molar-refractivity contribution < 1.29 is 4.84 Å². The molecule has 0 amide bonds. The van der Waals surface area contributed by atoms with Crippen molar-refractivity contribution in [3.05, 3.63) is 41.7 Å². The normalized spacial score (nSPS) is 10.5. The van der Waals surface area contributed by atoms with Crippen molar-refractivity contribution in [2.75, 3.05) is 0 Å². The van der Waals surface area contributed by atoms with Gasteiger partial charge in [0.1, 0.15) is 6.61 Å². The fraction of sp³-hybridized carbons (Fsp3) is 0.200. The van der Waals surface area contributed by atoms with Crippen molar-refractivity contribution in [1.29, 1.82) is 0 Å². The van der Waals surface area contributed by atoms with Crippen LogP contribution in [0.4, 0.5) is 0 Å². The maximum absolute atomic E-state index is 5.02. The molecule has 2 rings (SSSR count). The highest BCUT2D eigenvalue weighted by Crippen LogP contribution is 2.10. The van der Waals surface area contributed by atoms with Gasteiger partial charge in [-0.3, -0.25) is 4.84 Å². The summed E-state index contributed by atoms with van der Waals surface area (Å²) in [5, 5.41) is 7.78. The lowest BCUT2D eigenvalue weighted by Crippen LogP contribution is -2.06. The highest BCUT2D eigenvalue weighted by molar-refractivity contribution is 5.34. The molecule has 2 aromatic rings. The van der Waals surface area contributed by atoms with E-state index in [0.717, 1.165) is 11.4 Å². The van der Waals surface area contributed by atoms with Crippen molar-refractivity contribution in [2.45, 2.75) is 13.5 Å². The van der Waals surface area contributed by atoms with Crippen LogP contribution in [0, 0.1) is 6.92 Å².